The number of aryl methyl sites for hydroxylation is 1. The van der Waals surface area contributed by atoms with Crippen LogP contribution in [0.3, 0.4) is 0 Å². The second kappa shape index (κ2) is 9.38. The molecule has 55 heavy (non-hydrogen) atoms. The van der Waals surface area contributed by atoms with Gasteiger partial charge >= 0.3 is 0 Å². The van der Waals surface area contributed by atoms with E-state index in [1.165, 1.54) is 105 Å². The minimum Gasteiger partial charge on any atom is -0.456 e. The molecule has 0 fully saturated rings. The lowest BCUT2D eigenvalue weighted by atomic mass is 9.34. The third-order valence-corrected chi connectivity index (χ3v) is 13.1. The Kier molecular flexibility index (Phi) is 5.15. The number of nitrogens with zero attached hydrogens (tertiary/aromatic N) is 4. The zero-order valence-corrected chi connectivity index (χ0v) is 32.2. The predicted molar refractivity (Wildman–Crippen MR) is 231 cm³/mol. The van der Waals surface area contributed by atoms with Gasteiger partial charge in [0.25, 0.3) is 6.71 Å². The highest BCUT2D eigenvalue weighted by Crippen LogP contribution is 2.43. The average molecular weight is 711 g/mol. The highest BCUT2D eigenvalue weighted by Gasteiger charge is 2.45. The van der Waals surface area contributed by atoms with Crippen LogP contribution in [0.2, 0.25) is 0 Å². The number of imidazole rings is 2. The molecule has 5 nitrogen and oxygen atoms in total. The van der Waals surface area contributed by atoms with Gasteiger partial charge in [0.1, 0.15) is 22.5 Å². The number of benzene rings is 6. The van der Waals surface area contributed by atoms with Gasteiger partial charge in [0.05, 0.1) is 38.5 Å². The molecule has 0 aliphatic carbocycles. The molecule has 6 heteroatoms. The van der Waals surface area contributed by atoms with Crippen molar-refractivity contribution in [3.05, 3.63) is 126 Å². The first-order valence-electron chi connectivity index (χ1n) is 19.7. The van der Waals surface area contributed by atoms with Crippen molar-refractivity contribution in [1.82, 2.24) is 17.9 Å². The van der Waals surface area contributed by atoms with Crippen LogP contribution >= 0.6 is 0 Å². The van der Waals surface area contributed by atoms with Crippen molar-refractivity contribution in [1.29, 1.82) is 0 Å². The molecule has 264 valence electrons. The van der Waals surface area contributed by atoms with Crippen LogP contribution in [0.25, 0.3) is 88.5 Å². The molecule has 0 spiro atoms. The van der Waals surface area contributed by atoms with E-state index in [9.17, 15) is 0 Å². The standard InChI is InChI=1S/C49H39BN4O/c1-26-22-37-44-38(23-26)53-34-20-17-28(49(5,6)7)25-36(34)54-45-31(18-21-40-41(45)30-13-9-11-15-39(30)55-40)43(47(53)54)50(44)42-29-12-8-10-14-32(29)51-35-24-27(48(2,3)4)16-19-33(35)52(37)46(42)51/h8-25H,1-7H3. The lowest BCUT2D eigenvalue weighted by Gasteiger charge is -2.32. The van der Waals surface area contributed by atoms with Crippen molar-refractivity contribution in [3.8, 4) is 11.4 Å². The highest BCUT2D eigenvalue weighted by atomic mass is 16.3. The zero-order chi connectivity index (χ0) is 37.0. The smallest absolute Gasteiger partial charge is 0.258 e. The Hall–Kier alpha value is -6.14. The summed E-state index contributed by atoms with van der Waals surface area (Å²) in [6.45, 7) is 16.2. The molecule has 7 heterocycles. The van der Waals surface area contributed by atoms with Crippen molar-refractivity contribution in [2.45, 2.75) is 59.3 Å². The van der Waals surface area contributed by atoms with E-state index in [4.69, 9.17) is 4.42 Å². The predicted octanol–water partition coefficient (Wildman–Crippen LogP) is 10.3. The van der Waals surface area contributed by atoms with Gasteiger partial charge in [0, 0.05) is 16.8 Å². The number of hydrogen-bond acceptors (Lipinski definition) is 1. The third-order valence-electron chi connectivity index (χ3n) is 13.1. The number of hydrogen-bond donors (Lipinski definition) is 0. The fourth-order valence-electron chi connectivity index (χ4n) is 10.6. The van der Waals surface area contributed by atoms with Crippen molar-refractivity contribution >= 4 is 100 Å². The van der Waals surface area contributed by atoms with Crippen molar-refractivity contribution in [3.63, 3.8) is 0 Å². The van der Waals surface area contributed by atoms with E-state index in [1.54, 1.807) is 0 Å². The van der Waals surface area contributed by atoms with Crippen LogP contribution < -0.4 is 16.4 Å². The molecule has 0 atom stereocenters. The largest absolute Gasteiger partial charge is 0.456 e. The van der Waals surface area contributed by atoms with E-state index in [0.29, 0.717) is 0 Å². The third kappa shape index (κ3) is 3.45. The minimum absolute atomic E-state index is 0.00612. The van der Waals surface area contributed by atoms with Crippen LogP contribution in [-0.2, 0) is 10.8 Å². The summed E-state index contributed by atoms with van der Waals surface area (Å²) in [5, 5.41) is 4.95. The van der Waals surface area contributed by atoms with E-state index in [-0.39, 0.29) is 17.5 Å². The van der Waals surface area contributed by atoms with Crippen molar-refractivity contribution in [2.75, 3.05) is 0 Å². The van der Waals surface area contributed by atoms with E-state index in [2.05, 4.69) is 176 Å². The highest BCUT2D eigenvalue weighted by molar-refractivity contribution is 7.02. The summed E-state index contributed by atoms with van der Waals surface area (Å²) >= 11 is 0. The number of fused-ring (bicyclic) bond motifs is 20. The molecule has 0 bridgehead atoms. The Morgan fingerprint density at radius 1 is 0.491 bits per heavy atom. The van der Waals surface area contributed by atoms with Gasteiger partial charge in [-0.3, -0.25) is 17.9 Å². The van der Waals surface area contributed by atoms with Crippen LogP contribution in [-0.4, -0.2) is 24.6 Å². The van der Waals surface area contributed by atoms with Gasteiger partial charge in [-0.2, -0.15) is 0 Å². The quantitative estimate of drug-likeness (QED) is 0.144. The monoisotopic (exact) mass is 710 g/mol. The molecule has 0 N–H and O–H groups in total. The fraction of sp³-hybridized carbons (Fsp3) is 0.184. The molecule has 0 amide bonds. The first-order valence-corrected chi connectivity index (χ1v) is 19.7. The molecule has 2 aliphatic rings. The van der Waals surface area contributed by atoms with Crippen LogP contribution in [0.15, 0.2) is 114 Å². The molecule has 0 saturated carbocycles. The lowest BCUT2D eigenvalue weighted by Crippen LogP contribution is -2.59. The molecule has 0 saturated heterocycles. The number of furan rings is 1. The molecule has 0 radical (unpaired) electrons. The Morgan fingerprint density at radius 3 is 1.75 bits per heavy atom. The van der Waals surface area contributed by atoms with Crippen LogP contribution in [0.4, 0.5) is 0 Å². The van der Waals surface area contributed by atoms with Crippen LogP contribution in [0.1, 0.15) is 58.2 Å². The Morgan fingerprint density at radius 2 is 1.07 bits per heavy atom. The maximum atomic E-state index is 6.60. The number of para-hydroxylation sites is 2. The van der Waals surface area contributed by atoms with Gasteiger partial charge in [-0.05, 0) is 122 Å². The molecule has 0 unspecified atom stereocenters. The number of aromatic nitrogens is 4. The summed E-state index contributed by atoms with van der Waals surface area (Å²) in [7, 11) is 0. The van der Waals surface area contributed by atoms with Gasteiger partial charge in [-0.1, -0.05) is 90.1 Å². The molecular weight excluding hydrogens is 671 g/mol. The second-order valence-electron chi connectivity index (χ2n) is 18.3. The summed E-state index contributed by atoms with van der Waals surface area (Å²) in [5.74, 6) is 0. The van der Waals surface area contributed by atoms with Gasteiger partial charge in [0.2, 0.25) is 0 Å². The molecule has 6 aromatic carbocycles. The molecule has 11 aromatic rings. The maximum absolute atomic E-state index is 6.60. The van der Waals surface area contributed by atoms with E-state index in [0.717, 1.165) is 16.6 Å². The van der Waals surface area contributed by atoms with Crippen LogP contribution in [0.5, 0.6) is 0 Å². The van der Waals surface area contributed by atoms with Gasteiger partial charge < -0.3 is 4.42 Å². The second-order valence-corrected chi connectivity index (χ2v) is 18.3. The van der Waals surface area contributed by atoms with E-state index >= 15 is 0 Å². The summed E-state index contributed by atoms with van der Waals surface area (Å²) in [6.07, 6.45) is 0. The molecule has 13 rings (SSSR count). The molecular formula is C49H39BN4O. The first-order chi connectivity index (χ1) is 26.5. The molecule has 2 aliphatic heterocycles. The molecule has 5 aromatic heterocycles. The van der Waals surface area contributed by atoms with E-state index < -0.39 is 0 Å². The van der Waals surface area contributed by atoms with Gasteiger partial charge in [-0.15, -0.1) is 0 Å². The summed E-state index contributed by atoms with van der Waals surface area (Å²) in [4.78, 5) is 0. The topological polar surface area (TPSA) is 31.8 Å². The summed E-state index contributed by atoms with van der Waals surface area (Å²) < 4.78 is 17.0. The maximum Gasteiger partial charge on any atom is 0.258 e. The summed E-state index contributed by atoms with van der Waals surface area (Å²) in [5.41, 5.74) is 22.5. The minimum atomic E-state index is -0.00612. The normalized spacial score (nSPS) is 14.1. The van der Waals surface area contributed by atoms with Crippen LogP contribution in [0, 0.1) is 6.92 Å². The summed E-state index contributed by atoms with van der Waals surface area (Å²) in [6, 6.07) is 41.4. The zero-order valence-electron chi connectivity index (χ0n) is 32.2. The van der Waals surface area contributed by atoms with E-state index in [1.807, 2.05) is 0 Å². The average Bonchev–Trinajstić information content (AvgIpc) is 3.94. The Labute approximate surface area is 318 Å². The lowest BCUT2D eigenvalue weighted by molar-refractivity contribution is 0.590. The SMILES string of the molecule is Cc1cc2c3c(c1)-n1c4ccc(C(C)(C)C)cc4n4c5c(ccc6oc7ccccc7c65)c(c14)B3c1c3ccccc3n3c4cc(C(C)(C)C)ccc4n-2c13. The Balaban J connectivity index is 1.31. The first kappa shape index (κ1) is 30.2. The fourth-order valence-corrected chi connectivity index (χ4v) is 10.6. The van der Waals surface area contributed by atoms with Crippen molar-refractivity contribution < 1.29 is 4.42 Å². The van der Waals surface area contributed by atoms with Gasteiger partial charge in [-0.25, -0.2) is 0 Å². The number of rotatable bonds is 0. The Bertz CT molecular complexity index is 3580. The van der Waals surface area contributed by atoms with Gasteiger partial charge in [0.15, 0.2) is 0 Å². The van der Waals surface area contributed by atoms with Crippen molar-refractivity contribution in [2.24, 2.45) is 0 Å².